The number of aliphatic hydroxyl groups is 1. The van der Waals surface area contributed by atoms with Crippen LogP contribution in [0.5, 0.6) is 5.75 Å². The lowest BCUT2D eigenvalue weighted by atomic mass is 9.88. The number of halogens is 3. The van der Waals surface area contributed by atoms with Gasteiger partial charge in [-0.15, -0.1) is 0 Å². The maximum absolute atomic E-state index is 13.6. The van der Waals surface area contributed by atoms with Crippen LogP contribution >= 0.6 is 0 Å². The first kappa shape index (κ1) is 20.7. The molecular formula is C20H17F3N4O4. The molecule has 4 rings (SSSR count). The topological polar surface area (TPSA) is 119 Å². The summed E-state index contributed by atoms with van der Waals surface area (Å²) in [6, 6.07) is 4.58. The van der Waals surface area contributed by atoms with E-state index in [0.29, 0.717) is 18.5 Å². The van der Waals surface area contributed by atoms with Crippen LogP contribution in [0.25, 0.3) is 11.4 Å². The fourth-order valence-electron chi connectivity index (χ4n) is 3.66. The molecule has 0 saturated carbocycles. The molecule has 1 aromatic heterocycles. The monoisotopic (exact) mass is 434 g/mol. The Morgan fingerprint density at radius 2 is 2.19 bits per heavy atom. The number of benzene rings is 1. The molecule has 3 heterocycles. The van der Waals surface area contributed by atoms with Crippen LogP contribution in [0.15, 0.2) is 18.2 Å². The standard InChI is InChI=1S/C20H17F3N4O4/c21-20(22,23)15-14(16(24)29)26-17-12-9-11(1-2-13(12)31-8-7-27(15)17)3-4-19(10-28)5-6-25-18(19)30/h1-2,9,28H,5-8,10H2,(H2,24,29)(H,25,30)/t19-/m0/s1. The van der Waals surface area contributed by atoms with Crippen molar-refractivity contribution in [3.8, 4) is 29.0 Å². The molecule has 31 heavy (non-hydrogen) atoms. The van der Waals surface area contributed by atoms with Gasteiger partial charge in [0.2, 0.25) is 5.91 Å². The number of fused-ring (bicyclic) bond motifs is 3. The first-order chi connectivity index (χ1) is 14.7. The summed E-state index contributed by atoms with van der Waals surface area (Å²) < 4.78 is 47.3. The van der Waals surface area contributed by atoms with E-state index in [2.05, 4.69) is 22.1 Å². The molecule has 11 heteroatoms. The number of aliphatic hydroxyl groups excluding tert-OH is 1. The first-order valence-corrected chi connectivity index (χ1v) is 9.33. The minimum Gasteiger partial charge on any atom is -0.491 e. The predicted octanol–water partition coefficient (Wildman–Crippen LogP) is 0.910. The molecule has 2 aliphatic heterocycles. The Bertz CT molecular complexity index is 1150. The van der Waals surface area contributed by atoms with E-state index in [1.807, 2.05) is 0 Å². The summed E-state index contributed by atoms with van der Waals surface area (Å²) in [5, 5.41) is 12.3. The number of hydrogen-bond donors (Lipinski definition) is 3. The summed E-state index contributed by atoms with van der Waals surface area (Å²) in [6.07, 6.45) is -4.51. The third kappa shape index (κ3) is 3.48. The molecule has 0 aliphatic carbocycles. The Balaban J connectivity index is 1.84. The van der Waals surface area contributed by atoms with Gasteiger partial charge >= 0.3 is 6.18 Å². The molecule has 0 unspecified atom stereocenters. The number of nitrogens with zero attached hydrogens (tertiary/aromatic N) is 2. The van der Waals surface area contributed by atoms with Gasteiger partial charge in [-0.05, 0) is 24.6 Å². The molecule has 1 aromatic carbocycles. The average molecular weight is 434 g/mol. The van der Waals surface area contributed by atoms with Crippen molar-refractivity contribution in [2.75, 3.05) is 19.8 Å². The van der Waals surface area contributed by atoms with Gasteiger partial charge in [0.05, 0.1) is 18.7 Å². The Morgan fingerprint density at radius 3 is 2.81 bits per heavy atom. The number of hydrogen-bond acceptors (Lipinski definition) is 5. The molecule has 2 aromatic rings. The number of alkyl halides is 3. The van der Waals surface area contributed by atoms with Gasteiger partial charge in [-0.1, -0.05) is 11.8 Å². The summed E-state index contributed by atoms with van der Waals surface area (Å²) >= 11 is 0. The normalized spacial score (nSPS) is 19.9. The number of carbonyl (C=O) groups excluding carboxylic acids is 2. The molecule has 4 N–H and O–H groups in total. The number of ether oxygens (including phenoxy) is 1. The Kier molecular flexibility index (Phi) is 4.89. The molecule has 8 nitrogen and oxygen atoms in total. The van der Waals surface area contributed by atoms with Crippen LogP contribution in [0.3, 0.4) is 0 Å². The van der Waals surface area contributed by atoms with Crippen molar-refractivity contribution in [1.29, 1.82) is 0 Å². The number of nitrogens with two attached hydrogens (primary N) is 1. The van der Waals surface area contributed by atoms with Crippen molar-refractivity contribution in [1.82, 2.24) is 14.9 Å². The van der Waals surface area contributed by atoms with Crippen molar-refractivity contribution < 1.29 is 32.6 Å². The van der Waals surface area contributed by atoms with Crippen LogP contribution in [-0.2, 0) is 17.5 Å². The maximum Gasteiger partial charge on any atom is 0.433 e. The molecule has 2 amide bonds. The lowest BCUT2D eigenvalue weighted by Crippen LogP contribution is -2.33. The van der Waals surface area contributed by atoms with Gasteiger partial charge in [-0.2, -0.15) is 13.2 Å². The fourth-order valence-corrected chi connectivity index (χ4v) is 3.66. The third-order valence-corrected chi connectivity index (χ3v) is 5.25. The van der Waals surface area contributed by atoms with Crippen LogP contribution in [0.1, 0.15) is 28.2 Å². The second kappa shape index (κ2) is 7.31. The van der Waals surface area contributed by atoms with Crippen molar-refractivity contribution >= 4 is 11.8 Å². The number of rotatable bonds is 2. The molecule has 0 bridgehead atoms. The number of carbonyl (C=O) groups is 2. The molecule has 0 spiro atoms. The van der Waals surface area contributed by atoms with Crippen molar-refractivity contribution in [3.05, 3.63) is 35.2 Å². The van der Waals surface area contributed by atoms with E-state index >= 15 is 0 Å². The molecule has 162 valence electrons. The molecule has 0 radical (unpaired) electrons. The van der Waals surface area contributed by atoms with Gasteiger partial charge in [-0.25, -0.2) is 4.98 Å². The van der Waals surface area contributed by atoms with E-state index < -0.39 is 35.5 Å². The second-order valence-electron chi connectivity index (χ2n) is 7.20. The van der Waals surface area contributed by atoms with Crippen LogP contribution < -0.4 is 15.8 Å². The van der Waals surface area contributed by atoms with E-state index in [1.165, 1.54) is 12.1 Å². The lowest BCUT2D eigenvalue weighted by molar-refractivity contribution is -0.144. The molecule has 2 aliphatic rings. The molecule has 1 fully saturated rings. The van der Waals surface area contributed by atoms with Crippen LogP contribution in [0, 0.1) is 17.3 Å². The zero-order valence-electron chi connectivity index (χ0n) is 16.0. The van der Waals surface area contributed by atoms with Crippen molar-refractivity contribution in [2.24, 2.45) is 11.1 Å². The van der Waals surface area contributed by atoms with E-state index in [1.54, 1.807) is 6.07 Å². The number of nitrogens with one attached hydrogen (secondary N) is 1. The minimum atomic E-state index is -4.85. The lowest BCUT2D eigenvalue weighted by Gasteiger charge is -2.15. The number of aromatic nitrogens is 2. The average Bonchev–Trinajstić information content (AvgIpc) is 3.23. The van der Waals surface area contributed by atoms with E-state index in [0.717, 1.165) is 4.57 Å². The smallest absolute Gasteiger partial charge is 0.433 e. The summed E-state index contributed by atoms with van der Waals surface area (Å²) in [7, 11) is 0. The number of imidazole rings is 1. The highest BCUT2D eigenvalue weighted by Gasteiger charge is 2.42. The van der Waals surface area contributed by atoms with Crippen LogP contribution in [0.4, 0.5) is 13.2 Å². The van der Waals surface area contributed by atoms with Crippen LogP contribution in [0.2, 0.25) is 0 Å². The first-order valence-electron chi connectivity index (χ1n) is 9.33. The SMILES string of the molecule is NC(=O)c1nc2n(c1C(F)(F)F)CCOc1ccc(C#C[C@@]3(CO)CCNC3=O)cc1-2. The van der Waals surface area contributed by atoms with E-state index in [-0.39, 0.29) is 36.2 Å². The largest absolute Gasteiger partial charge is 0.491 e. The van der Waals surface area contributed by atoms with Gasteiger partial charge in [0, 0.05) is 12.1 Å². The zero-order chi connectivity index (χ0) is 22.4. The van der Waals surface area contributed by atoms with Crippen molar-refractivity contribution in [3.63, 3.8) is 0 Å². The molecule has 1 atom stereocenters. The number of amides is 2. The van der Waals surface area contributed by atoms with Crippen molar-refractivity contribution in [2.45, 2.75) is 19.1 Å². The van der Waals surface area contributed by atoms with Gasteiger partial charge in [0.25, 0.3) is 5.91 Å². The zero-order valence-corrected chi connectivity index (χ0v) is 16.0. The Morgan fingerprint density at radius 1 is 1.42 bits per heavy atom. The maximum atomic E-state index is 13.6. The second-order valence-corrected chi connectivity index (χ2v) is 7.20. The number of primary amides is 1. The van der Waals surface area contributed by atoms with E-state index in [4.69, 9.17) is 10.5 Å². The highest BCUT2D eigenvalue weighted by Crippen LogP contribution is 2.39. The van der Waals surface area contributed by atoms with E-state index in [9.17, 15) is 27.9 Å². The summed E-state index contributed by atoms with van der Waals surface area (Å²) in [5.74, 6) is 4.08. The van der Waals surface area contributed by atoms with Gasteiger partial charge < -0.3 is 25.5 Å². The Hall–Kier alpha value is -3.52. The van der Waals surface area contributed by atoms with Gasteiger partial charge in [-0.3, -0.25) is 9.59 Å². The summed E-state index contributed by atoms with van der Waals surface area (Å²) in [4.78, 5) is 27.5. The fraction of sp³-hybridized carbons (Fsp3) is 0.350. The van der Waals surface area contributed by atoms with Gasteiger partial charge in [0.1, 0.15) is 23.6 Å². The summed E-state index contributed by atoms with van der Waals surface area (Å²) in [6.45, 7) is -0.328. The molecular weight excluding hydrogens is 417 g/mol. The highest BCUT2D eigenvalue weighted by atomic mass is 19.4. The van der Waals surface area contributed by atoms with Gasteiger partial charge in [0.15, 0.2) is 11.4 Å². The minimum absolute atomic E-state index is 0.0730. The highest BCUT2D eigenvalue weighted by molar-refractivity contribution is 5.93. The quantitative estimate of drug-likeness (QED) is 0.607. The van der Waals surface area contributed by atoms with Crippen LogP contribution in [-0.4, -0.2) is 46.2 Å². The third-order valence-electron chi connectivity index (χ3n) is 5.25. The molecule has 1 saturated heterocycles. The summed E-state index contributed by atoms with van der Waals surface area (Å²) in [5.41, 5.74) is 2.39. The Labute approximate surface area is 174 Å². The predicted molar refractivity (Wildman–Crippen MR) is 101 cm³/mol.